The summed E-state index contributed by atoms with van der Waals surface area (Å²) in [7, 11) is 0. The van der Waals surface area contributed by atoms with Gasteiger partial charge in [-0.15, -0.1) is 11.3 Å². The summed E-state index contributed by atoms with van der Waals surface area (Å²) in [5.41, 5.74) is 2.79. The summed E-state index contributed by atoms with van der Waals surface area (Å²) < 4.78 is 5.39. The van der Waals surface area contributed by atoms with E-state index in [9.17, 15) is 4.79 Å². The maximum Gasteiger partial charge on any atom is 0.316 e. The van der Waals surface area contributed by atoms with Crippen molar-refractivity contribution in [2.24, 2.45) is 5.16 Å². The normalized spacial score (nSPS) is 19.4. The number of hydrogen-bond donors (Lipinski definition) is 0. The minimum Gasteiger partial charge on any atom is -0.453 e. The minimum atomic E-state index is -0.114. The number of oxime groups is 1. The van der Waals surface area contributed by atoms with E-state index in [-0.39, 0.29) is 24.6 Å². The predicted molar refractivity (Wildman–Crippen MR) is 127 cm³/mol. The summed E-state index contributed by atoms with van der Waals surface area (Å²) in [5, 5.41) is 7.43. The molecule has 0 radical (unpaired) electrons. The van der Waals surface area contributed by atoms with Gasteiger partial charge < -0.3 is 14.5 Å². The lowest BCUT2D eigenvalue weighted by Gasteiger charge is -2.30. The summed E-state index contributed by atoms with van der Waals surface area (Å²) in [5.74, 6) is 0.290. The minimum absolute atomic E-state index is 0.0475. The predicted octanol–water partition coefficient (Wildman–Crippen LogP) is 3.90. The molecule has 4 rings (SSSR count). The van der Waals surface area contributed by atoms with Crippen LogP contribution in [0.2, 0.25) is 0 Å². The second kappa shape index (κ2) is 11.0. The van der Waals surface area contributed by atoms with Crippen molar-refractivity contribution >= 4 is 23.0 Å². The van der Waals surface area contributed by atoms with E-state index in [2.05, 4.69) is 27.1 Å². The Hall–Kier alpha value is -3.33. The number of rotatable bonds is 8. The first-order valence-corrected chi connectivity index (χ1v) is 11.9. The van der Waals surface area contributed by atoms with Crippen molar-refractivity contribution in [3.8, 4) is 6.01 Å². The lowest BCUT2D eigenvalue weighted by Crippen LogP contribution is -2.40. The Morgan fingerprint density at radius 2 is 2.12 bits per heavy atom. The molecule has 0 bridgehead atoms. The number of ether oxygens (including phenoxy) is 1. The summed E-state index contributed by atoms with van der Waals surface area (Å²) in [6.45, 7) is 7.07. The summed E-state index contributed by atoms with van der Waals surface area (Å²) in [6.07, 6.45) is 13.2. The molecule has 2 aromatic heterocycles. The van der Waals surface area contributed by atoms with Gasteiger partial charge in [0.25, 0.3) is 5.91 Å². The van der Waals surface area contributed by atoms with Crippen molar-refractivity contribution < 1.29 is 14.4 Å². The number of allylic oxidation sites excluding steroid dienone is 3. The number of piperidine rings is 1. The van der Waals surface area contributed by atoms with Crippen LogP contribution < -0.4 is 4.74 Å². The zero-order chi connectivity index (χ0) is 23.0. The number of carbonyl (C=O) groups excluding carboxylic acids is 1. The molecule has 2 aliphatic heterocycles. The van der Waals surface area contributed by atoms with E-state index in [4.69, 9.17) is 14.6 Å². The molecule has 0 aliphatic carbocycles. The Morgan fingerprint density at radius 1 is 1.33 bits per heavy atom. The fourth-order valence-corrected chi connectivity index (χ4v) is 4.87. The van der Waals surface area contributed by atoms with E-state index in [1.807, 2.05) is 30.1 Å². The lowest BCUT2D eigenvalue weighted by molar-refractivity contribution is -0.134. The highest BCUT2D eigenvalue weighted by molar-refractivity contribution is 7.10. The van der Waals surface area contributed by atoms with E-state index < -0.39 is 0 Å². The molecule has 0 saturated carbocycles. The van der Waals surface area contributed by atoms with E-state index in [1.165, 1.54) is 0 Å². The van der Waals surface area contributed by atoms with Crippen LogP contribution in [0.25, 0.3) is 0 Å². The van der Waals surface area contributed by atoms with Gasteiger partial charge in [-0.1, -0.05) is 36.0 Å². The van der Waals surface area contributed by atoms with Crippen LogP contribution >= 0.6 is 11.3 Å². The van der Waals surface area contributed by atoms with Crippen LogP contribution in [-0.4, -0.2) is 57.3 Å². The molecule has 0 aromatic carbocycles. The maximum atomic E-state index is 12.5. The van der Waals surface area contributed by atoms with Crippen molar-refractivity contribution in [3.63, 3.8) is 0 Å². The molecule has 9 heteroatoms. The van der Waals surface area contributed by atoms with Crippen LogP contribution in [0.4, 0.5) is 0 Å². The SMILES string of the molecule is C=C/C=C(\C=C/C)C1CC(c2csc(C3CCN(C(=O)COc4ncccn4)CC3)n2)=NO1. The average molecular weight is 466 g/mol. The van der Waals surface area contributed by atoms with Gasteiger partial charge in [0.05, 0.1) is 10.7 Å². The first kappa shape index (κ1) is 22.8. The summed E-state index contributed by atoms with van der Waals surface area (Å²) in [6, 6.07) is 1.92. The zero-order valence-corrected chi connectivity index (χ0v) is 19.4. The van der Waals surface area contributed by atoms with Gasteiger partial charge in [-0.25, -0.2) is 15.0 Å². The monoisotopic (exact) mass is 465 g/mol. The zero-order valence-electron chi connectivity index (χ0n) is 18.6. The second-order valence-electron chi connectivity index (χ2n) is 7.78. The highest BCUT2D eigenvalue weighted by Gasteiger charge is 2.29. The molecule has 172 valence electrons. The van der Waals surface area contributed by atoms with Crippen LogP contribution in [0.15, 0.2) is 65.5 Å². The number of thiazole rings is 1. The molecule has 1 atom stereocenters. The van der Waals surface area contributed by atoms with Gasteiger partial charge in [-0.2, -0.15) is 0 Å². The Bertz CT molecular complexity index is 1060. The van der Waals surface area contributed by atoms with E-state index in [1.54, 1.807) is 35.9 Å². The van der Waals surface area contributed by atoms with Gasteiger partial charge in [0.2, 0.25) is 0 Å². The molecule has 2 aliphatic rings. The van der Waals surface area contributed by atoms with Crippen LogP contribution in [0.1, 0.15) is 42.8 Å². The van der Waals surface area contributed by atoms with Crippen molar-refractivity contribution in [1.29, 1.82) is 0 Å². The highest BCUT2D eigenvalue weighted by Crippen LogP contribution is 2.32. The number of likely N-dealkylation sites (tertiary alicyclic amines) is 1. The smallest absolute Gasteiger partial charge is 0.316 e. The van der Waals surface area contributed by atoms with Crippen molar-refractivity contribution in [3.05, 3.63) is 71.0 Å². The van der Waals surface area contributed by atoms with Crippen LogP contribution in [0.3, 0.4) is 0 Å². The van der Waals surface area contributed by atoms with E-state index in [0.29, 0.717) is 25.4 Å². The quantitative estimate of drug-likeness (QED) is 0.549. The molecule has 1 unspecified atom stereocenters. The largest absolute Gasteiger partial charge is 0.453 e. The first-order chi connectivity index (χ1) is 16.2. The molecule has 1 fully saturated rings. The Balaban J connectivity index is 1.28. The Kier molecular flexibility index (Phi) is 7.62. The Labute approximate surface area is 197 Å². The molecule has 0 spiro atoms. The van der Waals surface area contributed by atoms with E-state index in [0.717, 1.165) is 34.8 Å². The molecular weight excluding hydrogens is 438 g/mol. The van der Waals surface area contributed by atoms with Crippen molar-refractivity contribution in [2.45, 2.75) is 38.2 Å². The third-order valence-electron chi connectivity index (χ3n) is 5.59. The number of amides is 1. The summed E-state index contributed by atoms with van der Waals surface area (Å²) >= 11 is 1.65. The third kappa shape index (κ3) is 5.73. The number of nitrogens with zero attached hydrogens (tertiary/aromatic N) is 5. The van der Waals surface area contributed by atoms with Gasteiger partial charge in [-0.3, -0.25) is 4.79 Å². The van der Waals surface area contributed by atoms with Gasteiger partial charge in [0.1, 0.15) is 5.71 Å². The van der Waals surface area contributed by atoms with E-state index >= 15 is 0 Å². The van der Waals surface area contributed by atoms with Crippen molar-refractivity contribution in [2.75, 3.05) is 19.7 Å². The first-order valence-electron chi connectivity index (χ1n) is 11.0. The molecule has 4 heterocycles. The number of aromatic nitrogens is 3. The van der Waals surface area contributed by atoms with Gasteiger partial charge >= 0.3 is 6.01 Å². The maximum absolute atomic E-state index is 12.5. The molecule has 33 heavy (non-hydrogen) atoms. The molecule has 0 N–H and O–H groups in total. The lowest BCUT2D eigenvalue weighted by atomic mass is 9.97. The number of carbonyl (C=O) groups is 1. The Morgan fingerprint density at radius 3 is 2.85 bits per heavy atom. The average Bonchev–Trinajstić information content (AvgIpc) is 3.53. The fourth-order valence-electron chi connectivity index (χ4n) is 3.87. The topological polar surface area (TPSA) is 89.8 Å². The van der Waals surface area contributed by atoms with Crippen molar-refractivity contribution in [1.82, 2.24) is 19.9 Å². The highest BCUT2D eigenvalue weighted by atomic mass is 32.1. The third-order valence-corrected chi connectivity index (χ3v) is 6.60. The van der Waals surface area contributed by atoms with Crippen LogP contribution in [0.5, 0.6) is 6.01 Å². The molecule has 2 aromatic rings. The summed E-state index contributed by atoms with van der Waals surface area (Å²) in [4.78, 5) is 32.8. The molecule has 8 nitrogen and oxygen atoms in total. The second-order valence-corrected chi connectivity index (χ2v) is 8.67. The van der Waals surface area contributed by atoms with Crippen LogP contribution in [-0.2, 0) is 9.63 Å². The van der Waals surface area contributed by atoms with Gasteiger partial charge in [0, 0.05) is 43.2 Å². The van der Waals surface area contributed by atoms with Gasteiger partial charge in [0.15, 0.2) is 12.7 Å². The van der Waals surface area contributed by atoms with Crippen LogP contribution in [0, 0.1) is 0 Å². The number of hydrogen-bond acceptors (Lipinski definition) is 8. The van der Waals surface area contributed by atoms with Gasteiger partial charge in [-0.05, 0) is 31.4 Å². The molecular formula is C24H27N5O3S. The fraction of sp³-hybridized carbons (Fsp3) is 0.375. The molecule has 1 saturated heterocycles. The molecule has 1 amide bonds. The standard InChI is InChI=1S/C24H27N5O3S/c1-3-6-17(7-4-2)21-14-19(28-32-21)20-16-33-23(27-20)18-8-12-29(13-9-18)22(30)15-31-24-25-10-5-11-26-24/h3-7,10-11,16,18,21H,1,8-9,12-15H2,2H3/b7-4-,17-6+.